The third kappa shape index (κ3) is 1.58. The molecule has 1 N–H and O–H groups in total. The van der Waals surface area contributed by atoms with Crippen LogP contribution in [0.25, 0.3) is 0 Å². The van der Waals surface area contributed by atoms with Crippen molar-refractivity contribution in [3.05, 3.63) is 17.2 Å². The maximum atomic E-state index is 9.16. The van der Waals surface area contributed by atoms with Crippen molar-refractivity contribution in [2.45, 2.75) is 19.3 Å². The van der Waals surface area contributed by atoms with Gasteiger partial charge >= 0.3 is 0 Å². The van der Waals surface area contributed by atoms with Crippen LogP contribution >= 0.6 is 11.6 Å². The Bertz CT molecular complexity index is 298. The molecule has 1 heterocycles. The first kappa shape index (κ1) is 9.03. The van der Waals surface area contributed by atoms with E-state index in [4.69, 9.17) is 16.7 Å². The summed E-state index contributed by atoms with van der Waals surface area (Å²) in [6.07, 6.45) is 4.76. The molecular weight excluding hydrogens is 188 g/mol. The third-order valence-electron chi connectivity index (χ3n) is 2.84. The zero-order chi connectivity index (χ0) is 9.47. The minimum absolute atomic E-state index is 0.109. The average Bonchev–Trinajstić information content (AvgIpc) is 2.84. The minimum atomic E-state index is 0.109. The predicted octanol–water partition coefficient (Wildman–Crippen LogP) is 1.39. The second kappa shape index (κ2) is 3.00. The molecule has 0 bridgehead atoms. The molecule has 2 rings (SSSR count). The zero-order valence-corrected chi connectivity index (χ0v) is 8.38. The lowest BCUT2D eigenvalue weighted by Crippen LogP contribution is -2.12. The normalized spacial score (nSPS) is 19.0. The van der Waals surface area contributed by atoms with Gasteiger partial charge in [-0.05, 0) is 24.7 Å². The number of halogens is 1. The number of hydrogen-bond acceptors (Lipinski definition) is 2. The molecule has 0 aromatic carbocycles. The van der Waals surface area contributed by atoms with Crippen molar-refractivity contribution in [2.24, 2.45) is 12.5 Å². The van der Waals surface area contributed by atoms with Crippen LogP contribution < -0.4 is 0 Å². The highest BCUT2D eigenvalue weighted by Gasteiger charge is 2.42. The fraction of sp³-hybridized carbons (Fsp3) is 0.667. The molecule has 0 aliphatic heterocycles. The van der Waals surface area contributed by atoms with E-state index in [1.165, 1.54) is 0 Å². The first-order valence-electron chi connectivity index (χ1n) is 4.43. The molecular formula is C9H13ClN2O. The highest BCUT2D eigenvalue weighted by atomic mass is 35.5. The third-order valence-corrected chi connectivity index (χ3v) is 3.16. The van der Waals surface area contributed by atoms with Gasteiger partial charge in [0.15, 0.2) is 0 Å². The number of hydrogen-bond donors (Lipinski definition) is 1. The lowest BCUT2D eigenvalue weighted by Gasteiger charge is -2.11. The van der Waals surface area contributed by atoms with E-state index in [2.05, 4.69) is 4.98 Å². The van der Waals surface area contributed by atoms with Gasteiger partial charge in [-0.15, -0.1) is 0 Å². The lowest BCUT2D eigenvalue weighted by molar-refractivity contribution is 0.209. The van der Waals surface area contributed by atoms with E-state index in [0.717, 1.165) is 25.0 Å². The fourth-order valence-electron chi connectivity index (χ4n) is 1.55. The first-order chi connectivity index (χ1) is 6.17. The molecule has 0 atom stereocenters. The molecule has 0 saturated heterocycles. The van der Waals surface area contributed by atoms with Crippen LogP contribution in [0.15, 0.2) is 6.33 Å². The van der Waals surface area contributed by atoms with Crippen molar-refractivity contribution < 1.29 is 5.11 Å². The Morgan fingerprint density at radius 1 is 1.69 bits per heavy atom. The van der Waals surface area contributed by atoms with Crippen LogP contribution in [-0.2, 0) is 13.5 Å². The van der Waals surface area contributed by atoms with Crippen LogP contribution in [0.2, 0.25) is 5.15 Å². The fourth-order valence-corrected chi connectivity index (χ4v) is 1.79. The largest absolute Gasteiger partial charge is 0.396 e. The van der Waals surface area contributed by atoms with Gasteiger partial charge in [0.25, 0.3) is 0 Å². The molecule has 1 fully saturated rings. The van der Waals surface area contributed by atoms with Crippen molar-refractivity contribution in [3.8, 4) is 0 Å². The van der Waals surface area contributed by atoms with Crippen LogP contribution in [0.4, 0.5) is 0 Å². The van der Waals surface area contributed by atoms with Crippen molar-refractivity contribution in [3.63, 3.8) is 0 Å². The summed E-state index contributed by atoms with van der Waals surface area (Å²) in [5.41, 5.74) is 1.14. The number of aryl methyl sites for hydroxylation is 1. The van der Waals surface area contributed by atoms with Gasteiger partial charge < -0.3 is 9.67 Å². The van der Waals surface area contributed by atoms with Crippen molar-refractivity contribution >= 4 is 11.6 Å². The maximum absolute atomic E-state index is 9.16. The summed E-state index contributed by atoms with van der Waals surface area (Å²) >= 11 is 5.92. The van der Waals surface area contributed by atoms with Gasteiger partial charge in [0.2, 0.25) is 0 Å². The monoisotopic (exact) mass is 200 g/mol. The van der Waals surface area contributed by atoms with Crippen LogP contribution in [0.5, 0.6) is 0 Å². The lowest BCUT2D eigenvalue weighted by atomic mass is 10.0. The van der Waals surface area contributed by atoms with Crippen molar-refractivity contribution in [2.75, 3.05) is 6.61 Å². The Labute approximate surface area is 82.4 Å². The molecule has 1 aromatic heterocycles. The maximum Gasteiger partial charge on any atom is 0.150 e. The molecule has 13 heavy (non-hydrogen) atoms. The van der Waals surface area contributed by atoms with E-state index in [9.17, 15) is 0 Å². The Kier molecular flexibility index (Phi) is 2.08. The summed E-state index contributed by atoms with van der Waals surface area (Å²) in [7, 11) is 1.93. The molecule has 0 radical (unpaired) electrons. The van der Waals surface area contributed by atoms with Crippen LogP contribution in [0.1, 0.15) is 18.5 Å². The van der Waals surface area contributed by atoms with E-state index in [-0.39, 0.29) is 12.0 Å². The van der Waals surface area contributed by atoms with Crippen LogP contribution in [-0.4, -0.2) is 21.3 Å². The highest BCUT2D eigenvalue weighted by Crippen LogP contribution is 2.48. The van der Waals surface area contributed by atoms with Gasteiger partial charge in [0.1, 0.15) is 5.15 Å². The second-order valence-electron chi connectivity index (χ2n) is 3.93. The van der Waals surface area contributed by atoms with Crippen molar-refractivity contribution in [1.82, 2.24) is 9.55 Å². The van der Waals surface area contributed by atoms with E-state index in [1.54, 1.807) is 6.33 Å². The Morgan fingerprint density at radius 2 is 2.38 bits per heavy atom. The summed E-state index contributed by atoms with van der Waals surface area (Å²) < 4.78 is 1.93. The Balaban J connectivity index is 2.17. The van der Waals surface area contributed by atoms with Gasteiger partial charge in [-0.25, -0.2) is 4.98 Å². The van der Waals surface area contributed by atoms with E-state index in [1.807, 2.05) is 11.6 Å². The smallest absolute Gasteiger partial charge is 0.150 e. The molecule has 72 valence electrons. The Morgan fingerprint density at radius 3 is 2.77 bits per heavy atom. The summed E-state index contributed by atoms with van der Waals surface area (Å²) in [5, 5.41) is 9.74. The van der Waals surface area contributed by atoms with Gasteiger partial charge in [0.05, 0.1) is 12.0 Å². The first-order valence-corrected chi connectivity index (χ1v) is 4.81. The quantitative estimate of drug-likeness (QED) is 0.801. The number of aliphatic hydroxyl groups is 1. The number of aromatic nitrogens is 2. The molecule has 0 spiro atoms. The zero-order valence-electron chi connectivity index (χ0n) is 7.63. The molecule has 1 aromatic rings. The summed E-state index contributed by atoms with van der Waals surface area (Å²) in [4.78, 5) is 4.01. The molecule has 3 nitrogen and oxygen atoms in total. The number of rotatable bonds is 3. The summed E-state index contributed by atoms with van der Waals surface area (Å²) in [6.45, 7) is 0.258. The number of imidazole rings is 1. The van der Waals surface area contributed by atoms with Crippen LogP contribution in [0.3, 0.4) is 0 Å². The molecule has 0 amide bonds. The highest BCUT2D eigenvalue weighted by molar-refractivity contribution is 6.30. The summed E-state index contributed by atoms with van der Waals surface area (Å²) in [5.74, 6) is 0. The SMILES string of the molecule is Cn1cnc(Cl)c1CC1(CO)CC1. The Hall–Kier alpha value is -0.540. The summed E-state index contributed by atoms with van der Waals surface area (Å²) in [6, 6.07) is 0. The standard InChI is InChI=1S/C9H13ClN2O/c1-12-6-11-8(10)7(12)4-9(5-13)2-3-9/h6,13H,2-5H2,1H3. The van der Waals surface area contributed by atoms with Gasteiger partial charge in [-0.2, -0.15) is 0 Å². The molecule has 0 unspecified atom stereocenters. The van der Waals surface area contributed by atoms with Gasteiger partial charge in [0, 0.05) is 13.7 Å². The van der Waals surface area contributed by atoms with E-state index in [0.29, 0.717) is 5.15 Å². The number of aliphatic hydroxyl groups excluding tert-OH is 1. The molecule has 1 aliphatic carbocycles. The molecule has 4 heteroatoms. The molecule has 1 aliphatic rings. The average molecular weight is 201 g/mol. The topological polar surface area (TPSA) is 38.0 Å². The minimum Gasteiger partial charge on any atom is -0.396 e. The number of nitrogens with zero attached hydrogens (tertiary/aromatic N) is 2. The van der Waals surface area contributed by atoms with E-state index < -0.39 is 0 Å². The predicted molar refractivity (Wildman–Crippen MR) is 50.7 cm³/mol. The van der Waals surface area contributed by atoms with Crippen molar-refractivity contribution in [1.29, 1.82) is 0 Å². The van der Waals surface area contributed by atoms with Crippen LogP contribution in [0, 0.1) is 5.41 Å². The van der Waals surface area contributed by atoms with Gasteiger partial charge in [-0.1, -0.05) is 11.6 Å². The van der Waals surface area contributed by atoms with E-state index >= 15 is 0 Å². The van der Waals surface area contributed by atoms with Gasteiger partial charge in [-0.3, -0.25) is 0 Å². The molecule has 1 saturated carbocycles. The second-order valence-corrected chi connectivity index (χ2v) is 4.29.